The van der Waals surface area contributed by atoms with Gasteiger partial charge in [0.2, 0.25) is 5.95 Å². The van der Waals surface area contributed by atoms with Gasteiger partial charge in [0.15, 0.2) is 0 Å². The fraction of sp³-hybridized carbons (Fsp3) is 0.500. The average Bonchev–Trinajstić information content (AvgIpc) is 3.02. The first-order valence-corrected chi connectivity index (χ1v) is 7.22. The maximum Gasteiger partial charge on any atom is 0.201 e. The molecule has 0 aliphatic heterocycles. The van der Waals surface area contributed by atoms with Crippen LogP contribution in [0.5, 0.6) is 0 Å². The number of benzene rings is 1. The summed E-state index contributed by atoms with van der Waals surface area (Å²) in [5.74, 6) is 1.33. The largest absolute Gasteiger partial charge is 0.369 e. The summed E-state index contributed by atoms with van der Waals surface area (Å²) in [5.41, 5.74) is 8.63. The van der Waals surface area contributed by atoms with Crippen molar-refractivity contribution < 1.29 is 0 Å². The first-order chi connectivity index (χ1) is 8.52. The van der Waals surface area contributed by atoms with Gasteiger partial charge in [-0.25, -0.2) is 4.98 Å². The number of nitrogen functional groups attached to an aromatic ring is 1. The van der Waals surface area contributed by atoms with E-state index >= 15 is 0 Å². The lowest BCUT2D eigenvalue weighted by Gasteiger charge is -2.21. The van der Waals surface area contributed by atoms with E-state index in [1.54, 1.807) is 0 Å². The van der Waals surface area contributed by atoms with Crippen LogP contribution in [0.4, 0.5) is 5.95 Å². The molecule has 2 N–H and O–H groups in total. The summed E-state index contributed by atoms with van der Waals surface area (Å²) in [4.78, 5) is 4.46. The standard InChI is InChI=1S/C14H18BrN3/c1-9(2)14(5-6-14)8-18-12-4-3-10(15)7-11(12)17-13(18)16/h3-4,7,9H,5-6,8H2,1-2H3,(H2,16,17). The molecule has 0 radical (unpaired) electrons. The predicted molar refractivity (Wildman–Crippen MR) is 78.4 cm³/mol. The maximum absolute atomic E-state index is 6.08. The molecule has 1 saturated carbocycles. The Labute approximate surface area is 116 Å². The summed E-state index contributed by atoms with van der Waals surface area (Å²) >= 11 is 3.47. The lowest BCUT2D eigenvalue weighted by molar-refractivity contribution is 0.314. The Bertz CT molecular complexity index is 596. The summed E-state index contributed by atoms with van der Waals surface area (Å²) in [6, 6.07) is 6.17. The fourth-order valence-corrected chi connectivity index (χ4v) is 3.03. The molecule has 4 heteroatoms. The number of nitrogens with zero attached hydrogens (tertiary/aromatic N) is 2. The molecule has 0 atom stereocenters. The fourth-order valence-electron chi connectivity index (χ4n) is 2.68. The molecule has 1 aliphatic rings. The van der Waals surface area contributed by atoms with Crippen molar-refractivity contribution in [2.45, 2.75) is 33.2 Å². The van der Waals surface area contributed by atoms with Gasteiger partial charge in [0.05, 0.1) is 11.0 Å². The second-order valence-corrected chi connectivity index (χ2v) is 6.62. The molecule has 2 aromatic rings. The average molecular weight is 308 g/mol. The molecule has 1 heterocycles. The molecule has 0 amide bonds. The van der Waals surface area contributed by atoms with E-state index < -0.39 is 0 Å². The molecule has 0 unspecified atom stereocenters. The van der Waals surface area contributed by atoms with Crippen molar-refractivity contribution >= 4 is 32.9 Å². The minimum Gasteiger partial charge on any atom is -0.369 e. The molecular weight excluding hydrogens is 290 g/mol. The Morgan fingerprint density at radius 2 is 2.17 bits per heavy atom. The van der Waals surface area contributed by atoms with E-state index in [-0.39, 0.29) is 0 Å². The van der Waals surface area contributed by atoms with Gasteiger partial charge in [-0.3, -0.25) is 0 Å². The summed E-state index contributed by atoms with van der Waals surface area (Å²) in [6.07, 6.45) is 2.61. The molecule has 96 valence electrons. The lowest BCUT2D eigenvalue weighted by Crippen LogP contribution is -2.18. The van der Waals surface area contributed by atoms with Crippen LogP contribution in [-0.2, 0) is 6.54 Å². The Kier molecular flexibility index (Phi) is 2.66. The van der Waals surface area contributed by atoms with Crippen molar-refractivity contribution in [3.8, 4) is 0 Å². The molecule has 0 spiro atoms. The van der Waals surface area contributed by atoms with E-state index in [9.17, 15) is 0 Å². The van der Waals surface area contributed by atoms with E-state index in [0.29, 0.717) is 17.3 Å². The highest BCUT2D eigenvalue weighted by atomic mass is 79.9. The number of anilines is 1. The monoisotopic (exact) mass is 307 g/mol. The third-order valence-electron chi connectivity index (χ3n) is 4.33. The number of hydrogen-bond acceptors (Lipinski definition) is 2. The Morgan fingerprint density at radius 3 is 2.78 bits per heavy atom. The van der Waals surface area contributed by atoms with Crippen LogP contribution in [0.1, 0.15) is 26.7 Å². The maximum atomic E-state index is 6.08. The van der Waals surface area contributed by atoms with Crippen LogP contribution in [-0.4, -0.2) is 9.55 Å². The minimum absolute atomic E-state index is 0.439. The van der Waals surface area contributed by atoms with Crippen LogP contribution in [0, 0.1) is 11.3 Å². The number of fused-ring (bicyclic) bond motifs is 1. The van der Waals surface area contributed by atoms with Gasteiger partial charge < -0.3 is 10.3 Å². The molecule has 1 aliphatic carbocycles. The van der Waals surface area contributed by atoms with Crippen molar-refractivity contribution in [1.82, 2.24) is 9.55 Å². The Hall–Kier alpha value is -1.03. The van der Waals surface area contributed by atoms with Crippen molar-refractivity contribution in [2.75, 3.05) is 5.73 Å². The lowest BCUT2D eigenvalue weighted by atomic mass is 9.92. The zero-order valence-electron chi connectivity index (χ0n) is 10.8. The zero-order valence-corrected chi connectivity index (χ0v) is 12.4. The molecule has 0 bridgehead atoms. The van der Waals surface area contributed by atoms with E-state index in [1.807, 2.05) is 6.07 Å². The van der Waals surface area contributed by atoms with E-state index in [4.69, 9.17) is 5.73 Å². The molecule has 1 aromatic carbocycles. The van der Waals surface area contributed by atoms with Crippen molar-refractivity contribution in [3.63, 3.8) is 0 Å². The van der Waals surface area contributed by atoms with Gasteiger partial charge in [0, 0.05) is 11.0 Å². The molecule has 18 heavy (non-hydrogen) atoms. The van der Waals surface area contributed by atoms with Gasteiger partial charge in [-0.1, -0.05) is 29.8 Å². The van der Waals surface area contributed by atoms with Gasteiger partial charge in [-0.2, -0.15) is 0 Å². The first-order valence-electron chi connectivity index (χ1n) is 6.43. The van der Waals surface area contributed by atoms with Gasteiger partial charge in [-0.15, -0.1) is 0 Å². The quantitative estimate of drug-likeness (QED) is 0.937. The summed E-state index contributed by atoms with van der Waals surface area (Å²) in [6.45, 7) is 5.60. The Morgan fingerprint density at radius 1 is 1.44 bits per heavy atom. The number of hydrogen-bond donors (Lipinski definition) is 1. The van der Waals surface area contributed by atoms with Crippen LogP contribution < -0.4 is 5.73 Å². The molecule has 1 aromatic heterocycles. The van der Waals surface area contributed by atoms with Gasteiger partial charge in [0.25, 0.3) is 0 Å². The topological polar surface area (TPSA) is 43.8 Å². The number of rotatable bonds is 3. The minimum atomic E-state index is 0.439. The smallest absolute Gasteiger partial charge is 0.201 e. The first kappa shape index (κ1) is 12.0. The molecule has 1 fully saturated rings. The molecular formula is C14H18BrN3. The number of aromatic nitrogens is 2. The van der Waals surface area contributed by atoms with Crippen LogP contribution in [0.3, 0.4) is 0 Å². The summed E-state index contributed by atoms with van der Waals surface area (Å²) in [7, 11) is 0. The summed E-state index contributed by atoms with van der Waals surface area (Å²) in [5, 5.41) is 0. The molecule has 0 saturated heterocycles. The number of halogens is 1. The SMILES string of the molecule is CC(C)C1(Cn2c(N)nc3cc(Br)ccc32)CC1. The number of nitrogens with two attached hydrogens (primary N) is 1. The van der Waals surface area contributed by atoms with E-state index in [1.165, 1.54) is 12.8 Å². The van der Waals surface area contributed by atoms with Crippen LogP contribution in [0.25, 0.3) is 11.0 Å². The predicted octanol–water partition coefficient (Wildman–Crippen LogP) is 3.82. The summed E-state index contributed by atoms with van der Waals surface area (Å²) < 4.78 is 3.22. The van der Waals surface area contributed by atoms with Gasteiger partial charge >= 0.3 is 0 Å². The van der Waals surface area contributed by atoms with E-state index in [2.05, 4.69) is 51.5 Å². The Balaban J connectivity index is 2.04. The third kappa shape index (κ3) is 1.83. The zero-order chi connectivity index (χ0) is 12.9. The van der Waals surface area contributed by atoms with Crippen LogP contribution >= 0.6 is 15.9 Å². The molecule has 3 nitrogen and oxygen atoms in total. The van der Waals surface area contributed by atoms with Crippen molar-refractivity contribution in [1.29, 1.82) is 0 Å². The highest BCUT2D eigenvalue weighted by Crippen LogP contribution is 2.53. The molecule has 3 rings (SSSR count). The van der Waals surface area contributed by atoms with Crippen LogP contribution in [0.15, 0.2) is 22.7 Å². The van der Waals surface area contributed by atoms with Crippen molar-refractivity contribution in [2.24, 2.45) is 11.3 Å². The van der Waals surface area contributed by atoms with Crippen LogP contribution in [0.2, 0.25) is 0 Å². The second kappa shape index (κ2) is 3.98. The number of imidazole rings is 1. The second-order valence-electron chi connectivity index (χ2n) is 5.71. The van der Waals surface area contributed by atoms with Crippen molar-refractivity contribution in [3.05, 3.63) is 22.7 Å². The van der Waals surface area contributed by atoms with Gasteiger partial charge in [0.1, 0.15) is 0 Å². The third-order valence-corrected chi connectivity index (χ3v) is 4.82. The highest BCUT2D eigenvalue weighted by molar-refractivity contribution is 9.10. The normalized spacial score (nSPS) is 17.6. The van der Waals surface area contributed by atoms with Gasteiger partial charge in [-0.05, 0) is 42.4 Å². The van der Waals surface area contributed by atoms with E-state index in [0.717, 1.165) is 22.1 Å². The highest BCUT2D eigenvalue weighted by Gasteiger charge is 2.45.